The van der Waals surface area contributed by atoms with E-state index in [1.807, 2.05) is 0 Å². The Morgan fingerprint density at radius 3 is 2.58 bits per heavy atom. The van der Waals surface area contributed by atoms with Gasteiger partial charge in [0.25, 0.3) is 5.91 Å². The number of carbonyl (C=O) groups excluding carboxylic acids is 3. The molecule has 0 bridgehead atoms. The molecule has 1 saturated heterocycles. The lowest BCUT2D eigenvalue weighted by molar-refractivity contribution is -0.128. The van der Waals surface area contributed by atoms with Gasteiger partial charge in [-0.2, -0.15) is 5.26 Å². The molecule has 0 radical (unpaired) electrons. The summed E-state index contributed by atoms with van der Waals surface area (Å²) in [6, 6.07) is 5.37. The summed E-state index contributed by atoms with van der Waals surface area (Å²) >= 11 is 12.4. The first kappa shape index (κ1) is 23.4. The number of nitriles is 1. The van der Waals surface area contributed by atoms with Crippen molar-refractivity contribution in [3.05, 3.63) is 33.9 Å². The maximum absolute atomic E-state index is 13.0. The number of aromatic amines is 1. The predicted octanol–water partition coefficient (Wildman–Crippen LogP) is 3.30. The highest BCUT2D eigenvalue weighted by atomic mass is 35.5. The predicted molar refractivity (Wildman–Crippen MR) is 125 cm³/mol. The molecule has 3 amide bonds. The van der Waals surface area contributed by atoms with E-state index in [1.165, 1.54) is 0 Å². The van der Waals surface area contributed by atoms with Gasteiger partial charge in [0.05, 0.1) is 21.6 Å². The van der Waals surface area contributed by atoms with Gasteiger partial charge in [-0.05, 0) is 49.8 Å². The van der Waals surface area contributed by atoms with Gasteiger partial charge in [0.15, 0.2) is 0 Å². The highest BCUT2D eigenvalue weighted by Gasteiger charge is 2.33. The standard InChI is InChI=1S/C23H25Cl2N5O3/c24-16-5-6-17(25)20-15(16)10-19(29-20)23(33)30-18(8-12-3-4-12)22(32)28-14(11-26)9-13-2-1-7-27-21(13)31/h5-6,10,12-14,18,29H,1-4,7-9H2,(H,27,31)(H,28,32)(H,30,33). The van der Waals surface area contributed by atoms with Crippen molar-refractivity contribution in [3.63, 3.8) is 0 Å². The number of rotatable bonds is 8. The van der Waals surface area contributed by atoms with E-state index in [0.717, 1.165) is 19.3 Å². The first-order chi connectivity index (χ1) is 15.9. The molecule has 8 nitrogen and oxygen atoms in total. The van der Waals surface area contributed by atoms with Gasteiger partial charge in [0.1, 0.15) is 17.8 Å². The van der Waals surface area contributed by atoms with Crippen LogP contribution in [0.1, 0.15) is 49.0 Å². The van der Waals surface area contributed by atoms with Crippen LogP contribution in [0.5, 0.6) is 0 Å². The number of halogens is 2. The van der Waals surface area contributed by atoms with E-state index in [1.54, 1.807) is 18.2 Å². The summed E-state index contributed by atoms with van der Waals surface area (Å²) < 4.78 is 0. The normalized spacial score (nSPS) is 19.9. The lowest BCUT2D eigenvalue weighted by Gasteiger charge is -2.25. The number of fused-ring (bicyclic) bond motifs is 1. The largest absolute Gasteiger partial charge is 0.356 e. The Bertz CT molecular complexity index is 1080. The molecular formula is C23H25Cl2N5O3. The number of nitrogens with one attached hydrogen (secondary N) is 4. The molecule has 2 aromatic rings. The van der Waals surface area contributed by atoms with E-state index in [4.69, 9.17) is 23.2 Å². The van der Waals surface area contributed by atoms with E-state index in [0.29, 0.717) is 46.3 Å². The molecule has 4 rings (SSSR count). The third-order valence-corrected chi connectivity index (χ3v) is 6.86. The van der Waals surface area contributed by atoms with Crippen LogP contribution in [0.15, 0.2) is 18.2 Å². The summed E-state index contributed by atoms with van der Waals surface area (Å²) in [6.07, 6.45) is 4.27. The minimum absolute atomic E-state index is 0.0882. The third-order valence-electron chi connectivity index (χ3n) is 6.21. The molecule has 3 unspecified atom stereocenters. The molecule has 3 atom stereocenters. The van der Waals surface area contributed by atoms with Crippen molar-refractivity contribution in [1.82, 2.24) is 20.9 Å². The van der Waals surface area contributed by atoms with Crippen LogP contribution in [0.3, 0.4) is 0 Å². The zero-order valence-corrected chi connectivity index (χ0v) is 19.4. The summed E-state index contributed by atoms with van der Waals surface area (Å²) in [6.45, 7) is 0.637. The second-order valence-corrected chi connectivity index (χ2v) is 9.58. The van der Waals surface area contributed by atoms with Crippen molar-refractivity contribution in [2.75, 3.05) is 6.54 Å². The van der Waals surface area contributed by atoms with Crippen LogP contribution in [0.4, 0.5) is 0 Å². The fourth-order valence-electron chi connectivity index (χ4n) is 4.19. The average molecular weight is 490 g/mol. The van der Waals surface area contributed by atoms with Gasteiger partial charge in [0, 0.05) is 17.8 Å². The Labute approximate surface area is 201 Å². The fourth-order valence-corrected chi connectivity index (χ4v) is 4.61. The van der Waals surface area contributed by atoms with E-state index in [-0.39, 0.29) is 23.9 Å². The van der Waals surface area contributed by atoms with E-state index in [2.05, 4.69) is 27.0 Å². The Hall–Kier alpha value is -2.76. The summed E-state index contributed by atoms with van der Waals surface area (Å²) in [7, 11) is 0. The Morgan fingerprint density at radius 2 is 1.91 bits per heavy atom. The molecule has 1 aromatic heterocycles. The summed E-state index contributed by atoms with van der Waals surface area (Å²) in [5.74, 6) is -0.919. The van der Waals surface area contributed by atoms with Gasteiger partial charge >= 0.3 is 0 Å². The molecular weight excluding hydrogens is 465 g/mol. The van der Waals surface area contributed by atoms with Crippen molar-refractivity contribution in [2.45, 2.75) is 50.6 Å². The van der Waals surface area contributed by atoms with Crippen molar-refractivity contribution in [1.29, 1.82) is 5.26 Å². The van der Waals surface area contributed by atoms with Crippen LogP contribution < -0.4 is 16.0 Å². The van der Waals surface area contributed by atoms with Crippen molar-refractivity contribution >= 4 is 51.8 Å². The van der Waals surface area contributed by atoms with Crippen LogP contribution in [-0.2, 0) is 9.59 Å². The third kappa shape index (κ3) is 5.60. The lowest BCUT2D eigenvalue weighted by Crippen LogP contribution is -2.50. The molecule has 10 heteroatoms. The number of hydrogen-bond acceptors (Lipinski definition) is 4. The molecule has 2 fully saturated rings. The summed E-state index contributed by atoms with van der Waals surface area (Å²) in [4.78, 5) is 41.0. The quantitative estimate of drug-likeness (QED) is 0.453. The van der Waals surface area contributed by atoms with Crippen LogP contribution in [0, 0.1) is 23.2 Å². The maximum Gasteiger partial charge on any atom is 0.268 e. The SMILES string of the molecule is N#CC(CC1CCCNC1=O)NC(=O)C(CC1CC1)NC(=O)c1cc2c(Cl)ccc(Cl)c2[nH]1. The fraction of sp³-hybridized carbons (Fsp3) is 0.478. The minimum Gasteiger partial charge on any atom is -0.356 e. The molecule has 2 aliphatic rings. The van der Waals surface area contributed by atoms with E-state index in [9.17, 15) is 19.6 Å². The Kier molecular flexibility index (Phi) is 7.11. The number of aromatic nitrogens is 1. The van der Waals surface area contributed by atoms with Crippen LogP contribution in [0.25, 0.3) is 10.9 Å². The first-order valence-electron chi connectivity index (χ1n) is 11.1. The molecule has 1 aromatic carbocycles. The monoisotopic (exact) mass is 489 g/mol. The highest BCUT2D eigenvalue weighted by molar-refractivity contribution is 6.40. The molecule has 1 aliphatic heterocycles. The van der Waals surface area contributed by atoms with Crippen LogP contribution in [0.2, 0.25) is 10.0 Å². The molecule has 4 N–H and O–H groups in total. The van der Waals surface area contributed by atoms with Crippen molar-refractivity contribution in [3.8, 4) is 6.07 Å². The van der Waals surface area contributed by atoms with Gasteiger partial charge in [0.2, 0.25) is 11.8 Å². The molecule has 1 aliphatic carbocycles. The molecule has 0 spiro atoms. The first-order valence-corrected chi connectivity index (χ1v) is 11.9. The Balaban J connectivity index is 1.45. The lowest BCUT2D eigenvalue weighted by atomic mass is 9.92. The smallest absolute Gasteiger partial charge is 0.268 e. The number of hydrogen-bond donors (Lipinski definition) is 4. The van der Waals surface area contributed by atoms with Gasteiger partial charge in [-0.1, -0.05) is 36.0 Å². The maximum atomic E-state index is 13.0. The second kappa shape index (κ2) is 10.0. The number of nitrogens with zero attached hydrogens (tertiary/aromatic N) is 1. The number of carbonyl (C=O) groups is 3. The highest BCUT2D eigenvalue weighted by Crippen LogP contribution is 2.34. The Morgan fingerprint density at radius 1 is 1.15 bits per heavy atom. The van der Waals surface area contributed by atoms with Gasteiger partial charge in [-0.3, -0.25) is 14.4 Å². The van der Waals surface area contributed by atoms with Crippen LogP contribution >= 0.6 is 23.2 Å². The average Bonchev–Trinajstić information content (AvgIpc) is 3.49. The number of H-pyrrole nitrogens is 1. The van der Waals surface area contributed by atoms with Gasteiger partial charge in [-0.25, -0.2) is 0 Å². The zero-order valence-electron chi connectivity index (χ0n) is 17.9. The number of benzene rings is 1. The minimum atomic E-state index is -0.810. The molecule has 174 valence electrons. The van der Waals surface area contributed by atoms with Gasteiger partial charge < -0.3 is 20.9 Å². The van der Waals surface area contributed by atoms with E-state index >= 15 is 0 Å². The molecule has 1 saturated carbocycles. The topological polar surface area (TPSA) is 127 Å². The number of piperidine rings is 1. The van der Waals surface area contributed by atoms with E-state index < -0.39 is 23.9 Å². The van der Waals surface area contributed by atoms with Crippen molar-refractivity contribution in [2.24, 2.45) is 11.8 Å². The summed E-state index contributed by atoms with van der Waals surface area (Å²) in [5.41, 5.74) is 0.789. The molecule has 33 heavy (non-hydrogen) atoms. The zero-order chi connectivity index (χ0) is 23.5. The molecule has 2 heterocycles. The van der Waals surface area contributed by atoms with Gasteiger partial charge in [-0.15, -0.1) is 0 Å². The van der Waals surface area contributed by atoms with Crippen molar-refractivity contribution < 1.29 is 14.4 Å². The summed E-state index contributed by atoms with van der Waals surface area (Å²) in [5, 5.41) is 19.4. The number of amides is 3. The second-order valence-electron chi connectivity index (χ2n) is 8.76. The van der Waals surface area contributed by atoms with Crippen LogP contribution in [-0.4, -0.2) is 41.3 Å².